The summed E-state index contributed by atoms with van der Waals surface area (Å²) in [7, 11) is 1.57. The Balaban J connectivity index is 1.11. The highest BCUT2D eigenvalue weighted by molar-refractivity contribution is 6.20. The molecule has 1 saturated heterocycles. The van der Waals surface area contributed by atoms with Gasteiger partial charge in [0, 0.05) is 54.1 Å². The van der Waals surface area contributed by atoms with E-state index in [1.165, 1.54) is 12.1 Å². The van der Waals surface area contributed by atoms with Gasteiger partial charge in [-0.2, -0.15) is 0 Å². The molecule has 1 saturated carbocycles. The maximum Gasteiger partial charge on any atom is 0.243 e. The fourth-order valence-corrected chi connectivity index (χ4v) is 6.63. The summed E-state index contributed by atoms with van der Waals surface area (Å²) in [6.45, 7) is 10.5. The van der Waals surface area contributed by atoms with Crippen LogP contribution in [0.4, 0.5) is 15.8 Å². The first-order valence-electron chi connectivity index (χ1n) is 16.8. The van der Waals surface area contributed by atoms with Gasteiger partial charge < -0.3 is 29.3 Å². The van der Waals surface area contributed by atoms with Crippen molar-refractivity contribution in [2.24, 2.45) is 11.3 Å². The van der Waals surface area contributed by atoms with Gasteiger partial charge in [0.25, 0.3) is 0 Å². The van der Waals surface area contributed by atoms with Gasteiger partial charge >= 0.3 is 0 Å². The predicted molar refractivity (Wildman–Crippen MR) is 185 cm³/mol. The lowest BCUT2D eigenvalue weighted by Crippen LogP contribution is -2.38. The molecule has 2 heterocycles. The fraction of sp³-hybridized carbons (Fsp3) is 0.395. The molecule has 2 fully saturated rings. The number of piperidine rings is 1. The molecule has 48 heavy (non-hydrogen) atoms. The van der Waals surface area contributed by atoms with Crippen LogP contribution in [0.3, 0.4) is 0 Å². The Bertz CT molecular complexity index is 1790. The normalized spacial score (nSPS) is 18.2. The summed E-state index contributed by atoms with van der Waals surface area (Å²) in [6.07, 6.45) is 5.22. The van der Waals surface area contributed by atoms with E-state index in [1.54, 1.807) is 42.5 Å². The summed E-state index contributed by atoms with van der Waals surface area (Å²) in [6, 6.07) is 17.2. The molecular weight excluding hydrogens is 611 g/mol. The Labute approximate surface area is 281 Å². The first-order valence-corrected chi connectivity index (χ1v) is 16.8. The summed E-state index contributed by atoms with van der Waals surface area (Å²) in [5.41, 5.74) is 1.63. The first kappa shape index (κ1) is 33.2. The molecule has 2 aliphatic rings. The number of benzene rings is 3. The van der Waals surface area contributed by atoms with Crippen LogP contribution in [0.15, 0.2) is 66.9 Å². The van der Waals surface area contributed by atoms with E-state index in [2.05, 4.69) is 29.0 Å². The van der Waals surface area contributed by atoms with Gasteiger partial charge in [0.1, 0.15) is 11.2 Å². The number of fused-ring (bicyclic) bond motifs is 2. The zero-order chi connectivity index (χ0) is 33.8. The quantitative estimate of drug-likeness (QED) is 0.106. The van der Waals surface area contributed by atoms with Crippen molar-refractivity contribution in [1.29, 1.82) is 0 Å². The molecule has 1 N–H and O–H groups in total. The van der Waals surface area contributed by atoms with Crippen LogP contribution in [0.25, 0.3) is 10.9 Å². The number of anilines is 2. The zero-order valence-corrected chi connectivity index (χ0v) is 28.1. The second-order valence-electron chi connectivity index (χ2n) is 12.7. The molecule has 9 nitrogen and oxygen atoms in total. The van der Waals surface area contributed by atoms with Crippen LogP contribution < -0.4 is 24.4 Å². The van der Waals surface area contributed by atoms with Gasteiger partial charge in [0.05, 0.1) is 19.2 Å². The lowest BCUT2D eigenvalue weighted by atomic mass is 10.0. The van der Waals surface area contributed by atoms with E-state index < -0.39 is 17.1 Å². The topological polar surface area (TPSA) is 93.2 Å². The summed E-state index contributed by atoms with van der Waals surface area (Å²) in [5, 5.41) is 3.41. The van der Waals surface area contributed by atoms with E-state index in [0.29, 0.717) is 47.7 Å². The molecule has 2 amide bonds. The highest BCUT2D eigenvalue weighted by Gasteiger charge is 2.71. The molecule has 3 aromatic carbocycles. The van der Waals surface area contributed by atoms with Gasteiger partial charge in [0.2, 0.25) is 11.8 Å². The van der Waals surface area contributed by atoms with Crippen molar-refractivity contribution in [2.75, 3.05) is 50.1 Å². The number of pyridine rings is 1. The maximum absolute atomic E-state index is 15.4. The molecule has 0 bridgehead atoms. The Hall–Kier alpha value is -4.70. The van der Waals surface area contributed by atoms with Crippen molar-refractivity contribution in [3.63, 3.8) is 0 Å². The number of hydrogen-bond acceptors (Lipinski definition) is 7. The molecule has 0 spiro atoms. The van der Waals surface area contributed by atoms with E-state index in [4.69, 9.17) is 14.2 Å². The minimum Gasteiger partial charge on any atom is -0.493 e. The number of hydrogen-bond donors (Lipinski definition) is 1. The van der Waals surface area contributed by atoms with Crippen LogP contribution in [0, 0.1) is 24.1 Å². The van der Waals surface area contributed by atoms with Crippen molar-refractivity contribution in [1.82, 2.24) is 9.88 Å². The van der Waals surface area contributed by atoms with Gasteiger partial charge in [-0.05, 0) is 82.1 Å². The van der Waals surface area contributed by atoms with E-state index in [0.717, 1.165) is 50.1 Å². The van der Waals surface area contributed by atoms with E-state index in [9.17, 15) is 9.59 Å². The van der Waals surface area contributed by atoms with E-state index in [-0.39, 0.29) is 23.3 Å². The maximum atomic E-state index is 15.4. The number of ether oxygens (including phenoxy) is 3. The molecular formula is C38H43FN4O5. The van der Waals surface area contributed by atoms with E-state index in [1.807, 2.05) is 31.2 Å². The lowest BCUT2D eigenvalue weighted by Gasteiger charge is -2.21. The van der Waals surface area contributed by atoms with E-state index >= 15 is 4.39 Å². The third-order valence-electron chi connectivity index (χ3n) is 9.24. The molecule has 2 unspecified atom stereocenters. The SMILES string of the molecule is CCCN(CCC)CCCOc1cc2nccc(Oc3ccc(NC(=O)C45CC4CN(c4ccc(C)cc4)C5=O)cc3F)c2cc1OC. The van der Waals surface area contributed by atoms with Crippen LogP contribution in [0.2, 0.25) is 0 Å². The van der Waals surface area contributed by atoms with Gasteiger partial charge in [-0.1, -0.05) is 31.5 Å². The molecule has 4 aromatic rings. The van der Waals surface area contributed by atoms with Crippen LogP contribution in [-0.2, 0) is 9.59 Å². The summed E-state index contributed by atoms with van der Waals surface area (Å²) in [5.74, 6) is 0.128. The Morgan fingerprint density at radius 3 is 2.48 bits per heavy atom. The highest BCUT2D eigenvalue weighted by Crippen LogP contribution is 2.59. The van der Waals surface area contributed by atoms with Gasteiger partial charge in [0.15, 0.2) is 23.1 Å². The monoisotopic (exact) mass is 654 g/mol. The Morgan fingerprint density at radius 2 is 1.77 bits per heavy atom. The second kappa shape index (κ2) is 14.2. The van der Waals surface area contributed by atoms with Crippen molar-refractivity contribution in [3.8, 4) is 23.0 Å². The lowest BCUT2D eigenvalue weighted by molar-refractivity contribution is -0.131. The molecule has 6 rings (SSSR count). The first-order chi connectivity index (χ1) is 23.3. The van der Waals surface area contributed by atoms with Crippen molar-refractivity contribution >= 4 is 34.1 Å². The second-order valence-corrected chi connectivity index (χ2v) is 12.7. The van der Waals surface area contributed by atoms with Gasteiger partial charge in [-0.25, -0.2) is 4.39 Å². The van der Waals surface area contributed by atoms with Crippen LogP contribution >= 0.6 is 0 Å². The summed E-state index contributed by atoms with van der Waals surface area (Å²) < 4.78 is 33.1. The van der Waals surface area contributed by atoms with Crippen molar-refractivity contribution in [2.45, 2.75) is 46.5 Å². The number of amides is 2. The average Bonchev–Trinajstić information content (AvgIpc) is 3.75. The number of aromatic nitrogens is 1. The van der Waals surface area contributed by atoms with Crippen LogP contribution in [-0.4, -0.2) is 61.6 Å². The Kier molecular flexibility index (Phi) is 9.82. The summed E-state index contributed by atoms with van der Waals surface area (Å²) in [4.78, 5) is 35.3. The molecule has 10 heteroatoms. The van der Waals surface area contributed by atoms with Crippen LogP contribution in [0.5, 0.6) is 23.0 Å². The number of nitrogens with one attached hydrogen (secondary N) is 1. The minimum absolute atomic E-state index is 0.0199. The number of carbonyl (C=O) groups is 2. The number of rotatable bonds is 15. The third kappa shape index (κ3) is 6.67. The molecule has 0 radical (unpaired) electrons. The standard InChI is InChI=1S/C38H43FN4O5/c1-5-16-42(17-6-2)18-7-19-47-35-22-31-29(21-34(35)46-4)32(14-15-40-31)48-33-13-10-27(20-30(33)39)41-36(44)38-23-26(38)24-43(37(38)45)28-11-8-25(3)9-12-28/h8-15,20-22,26H,5-7,16-19,23-24H2,1-4H3,(H,41,44). The molecule has 1 aliphatic heterocycles. The number of carbonyl (C=O) groups excluding carboxylic acids is 2. The van der Waals surface area contributed by atoms with Gasteiger partial charge in [-0.3, -0.25) is 14.6 Å². The minimum atomic E-state index is -1.11. The third-order valence-corrected chi connectivity index (χ3v) is 9.24. The number of halogens is 1. The van der Waals surface area contributed by atoms with Crippen molar-refractivity contribution < 1.29 is 28.2 Å². The van der Waals surface area contributed by atoms with Crippen molar-refractivity contribution in [3.05, 3.63) is 78.2 Å². The predicted octanol–water partition coefficient (Wildman–Crippen LogP) is 7.37. The number of nitrogens with zero attached hydrogens (tertiary/aromatic N) is 3. The zero-order valence-electron chi connectivity index (χ0n) is 28.1. The summed E-state index contributed by atoms with van der Waals surface area (Å²) >= 11 is 0. The Morgan fingerprint density at radius 1 is 1.00 bits per heavy atom. The molecule has 1 aromatic heterocycles. The largest absolute Gasteiger partial charge is 0.493 e. The average molecular weight is 655 g/mol. The molecule has 2 atom stereocenters. The number of methoxy groups -OCH3 is 1. The number of aryl methyl sites for hydroxylation is 1. The highest BCUT2D eigenvalue weighted by atomic mass is 19.1. The smallest absolute Gasteiger partial charge is 0.243 e. The molecule has 252 valence electrons. The fourth-order valence-electron chi connectivity index (χ4n) is 6.63. The van der Waals surface area contributed by atoms with Gasteiger partial charge in [-0.15, -0.1) is 0 Å². The van der Waals surface area contributed by atoms with Crippen LogP contribution in [0.1, 0.15) is 45.1 Å². The molecule has 1 aliphatic carbocycles.